The molecule has 2 aromatic rings. The Morgan fingerprint density at radius 2 is 1.64 bits per heavy atom. The number of unbranched alkanes of at least 4 members (excludes halogenated alkanes) is 2. The third kappa shape index (κ3) is 7.53. The number of likely N-dealkylation sites (tertiary alicyclic amines) is 1. The standard InChI is InChI=1S/C31H42N2O6/c1-6-9-10-20-39-25-16-13-23(21-26(25)37-8-3)28-27(30(35)31(36)33(28)18-17-32(4)5)29(34)22-11-14-24(15-12-22)38-19-7-2/h11-16,21,28,34H,6-10,17-20H2,1-5H3/b29-27+. The average Bonchev–Trinajstić information content (AvgIpc) is 3.18. The molecule has 0 radical (unpaired) electrons. The molecule has 2 aromatic carbocycles. The van der Waals surface area contributed by atoms with E-state index in [4.69, 9.17) is 14.2 Å². The number of carbonyl (C=O) groups excluding carboxylic acids is 2. The fraction of sp³-hybridized carbons (Fsp3) is 0.484. The van der Waals surface area contributed by atoms with Gasteiger partial charge < -0.3 is 29.1 Å². The van der Waals surface area contributed by atoms with Gasteiger partial charge in [0.05, 0.1) is 31.4 Å². The highest BCUT2D eigenvalue weighted by Gasteiger charge is 2.46. The number of ketones is 1. The van der Waals surface area contributed by atoms with Crippen LogP contribution in [0.3, 0.4) is 0 Å². The molecule has 1 aliphatic rings. The van der Waals surface area contributed by atoms with Crippen LogP contribution in [0.1, 0.15) is 63.6 Å². The van der Waals surface area contributed by atoms with Crippen LogP contribution in [0.4, 0.5) is 0 Å². The summed E-state index contributed by atoms with van der Waals surface area (Å²) in [5.74, 6) is 0.272. The van der Waals surface area contributed by atoms with Crippen molar-refractivity contribution < 1.29 is 28.9 Å². The lowest BCUT2D eigenvalue weighted by Crippen LogP contribution is -2.35. The number of aliphatic hydroxyl groups is 1. The number of rotatable bonds is 15. The fourth-order valence-electron chi connectivity index (χ4n) is 4.47. The first-order chi connectivity index (χ1) is 18.8. The number of ether oxygens (including phenoxy) is 3. The highest BCUT2D eigenvalue weighted by atomic mass is 16.5. The zero-order valence-corrected chi connectivity index (χ0v) is 23.9. The first-order valence-electron chi connectivity index (χ1n) is 13.9. The Hall–Kier alpha value is -3.52. The molecule has 8 heteroatoms. The third-order valence-electron chi connectivity index (χ3n) is 6.52. The summed E-state index contributed by atoms with van der Waals surface area (Å²) >= 11 is 0. The van der Waals surface area contributed by atoms with Crippen molar-refractivity contribution in [3.8, 4) is 17.2 Å². The molecule has 1 atom stereocenters. The molecule has 1 unspecified atom stereocenters. The predicted octanol–water partition coefficient (Wildman–Crippen LogP) is 5.43. The van der Waals surface area contributed by atoms with E-state index in [9.17, 15) is 14.7 Å². The van der Waals surface area contributed by atoms with Crippen LogP contribution in [0.15, 0.2) is 48.0 Å². The summed E-state index contributed by atoms with van der Waals surface area (Å²) in [6, 6.07) is 11.6. The van der Waals surface area contributed by atoms with E-state index in [2.05, 4.69) is 6.92 Å². The van der Waals surface area contributed by atoms with Crippen LogP contribution in [0.2, 0.25) is 0 Å². The van der Waals surface area contributed by atoms with Gasteiger partial charge in [0.2, 0.25) is 0 Å². The smallest absolute Gasteiger partial charge is 0.295 e. The largest absolute Gasteiger partial charge is 0.507 e. The maximum Gasteiger partial charge on any atom is 0.295 e. The maximum atomic E-state index is 13.3. The molecule has 1 saturated heterocycles. The van der Waals surface area contributed by atoms with Crippen LogP contribution in [-0.2, 0) is 9.59 Å². The monoisotopic (exact) mass is 538 g/mol. The van der Waals surface area contributed by atoms with Crippen LogP contribution in [0.25, 0.3) is 5.76 Å². The van der Waals surface area contributed by atoms with Crippen LogP contribution in [-0.4, -0.2) is 73.6 Å². The van der Waals surface area contributed by atoms with E-state index in [0.717, 1.165) is 25.7 Å². The minimum atomic E-state index is -0.769. The summed E-state index contributed by atoms with van der Waals surface area (Å²) < 4.78 is 17.5. The van der Waals surface area contributed by atoms with Gasteiger partial charge in [-0.3, -0.25) is 9.59 Å². The van der Waals surface area contributed by atoms with Crippen molar-refractivity contribution >= 4 is 17.4 Å². The van der Waals surface area contributed by atoms with Gasteiger partial charge in [0.25, 0.3) is 11.7 Å². The number of carbonyl (C=O) groups is 2. The highest BCUT2D eigenvalue weighted by molar-refractivity contribution is 6.46. The van der Waals surface area contributed by atoms with Gasteiger partial charge >= 0.3 is 0 Å². The summed E-state index contributed by atoms with van der Waals surface area (Å²) in [5.41, 5.74) is 1.16. The second-order valence-electron chi connectivity index (χ2n) is 9.86. The van der Waals surface area contributed by atoms with E-state index in [1.165, 1.54) is 4.90 Å². The van der Waals surface area contributed by atoms with Gasteiger partial charge in [-0.05, 0) is 75.8 Å². The molecule has 0 spiro atoms. The van der Waals surface area contributed by atoms with Gasteiger partial charge in [-0.2, -0.15) is 0 Å². The molecule has 1 heterocycles. The molecule has 3 rings (SSSR count). The van der Waals surface area contributed by atoms with E-state index in [-0.39, 0.29) is 11.3 Å². The molecule has 0 aliphatic carbocycles. The number of hydrogen-bond acceptors (Lipinski definition) is 7. The van der Waals surface area contributed by atoms with Crippen LogP contribution < -0.4 is 14.2 Å². The Morgan fingerprint density at radius 3 is 2.28 bits per heavy atom. The van der Waals surface area contributed by atoms with Crippen molar-refractivity contribution in [2.75, 3.05) is 47.0 Å². The minimum Gasteiger partial charge on any atom is -0.507 e. The molecule has 0 aromatic heterocycles. The van der Waals surface area contributed by atoms with Crippen LogP contribution in [0, 0.1) is 0 Å². The zero-order chi connectivity index (χ0) is 28.4. The Balaban J connectivity index is 2.05. The van der Waals surface area contributed by atoms with Crippen molar-refractivity contribution in [2.24, 2.45) is 0 Å². The van der Waals surface area contributed by atoms with Crippen molar-refractivity contribution in [1.29, 1.82) is 0 Å². The normalized spacial score (nSPS) is 16.7. The molecule has 0 bridgehead atoms. The van der Waals surface area contributed by atoms with E-state index in [1.807, 2.05) is 51.0 Å². The third-order valence-corrected chi connectivity index (χ3v) is 6.52. The molecule has 1 aliphatic heterocycles. The number of hydrogen-bond donors (Lipinski definition) is 1. The van der Waals surface area contributed by atoms with E-state index in [1.54, 1.807) is 24.3 Å². The maximum absolute atomic E-state index is 13.3. The van der Waals surface area contributed by atoms with Gasteiger partial charge in [-0.15, -0.1) is 0 Å². The summed E-state index contributed by atoms with van der Waals surface area (Å²) in [5, 5.41) is 11.4. The van der Waals surface area contributed by atoms with Gasteiger partial charge in [0.15, 0.2) is 11.5 Å². The zero-order valence-electron chi connectivity index (χ0n) is 23.9. The van der Waals surface area contributed by atoms with Crippen molar-refractivity contribution in [3.05, 3.63) is 59.2 Å². The molecule has 0 saturated carbocycles. The SMILES string of the molecule is CCCCCOc1ccc(C2/C(=C(\O)c3ccc(OCCC)cc3)C(=O)C(=O)N2CCN(C)C)cc1OCC. The number of amides is 1. The van der Waals surface area contributed by atoms with Crippen LogP contribution in [0.5, 0.6) is 17.2 Å². The number of likely N-dealkylation sites (N-methyl/N-ethyl adjacent to an activating group) is 1. The second-order valence-corrected chi connectivity index (χ2v) is 9.86. The van der Waals surface area contributed by atoms with Gasteiger partial charge in [-0.1, -0.05) is 32.8 Å². The first kappa shape index (κ1) is 30.0. The van der Waals surface area contributed by atoms with Crippen LogP contribution >= 0.6 is 0 Å². The van der Waals surface area contributed by atoms with Crippen molar-refractivity contribution in [1.82, 2.24) is 9.80 Å². The molecule has 212 valence electrons. The fourth-order valence-corrected chi connectivity index (χ4v) is 4.47. The van der Waals surface area contributed by atoms with Gasteiger partial charge in [-0.25, -0.2) is 0 Å². The summed E-state index contributed by atoms with van der Waals surface area (Å²) in [6.45, 7) is 8.54. The molecular formula is C31H42N2O6. The average molecular weight is 539 g/mol. The quantitative estimate of drug-likeness (QED) is 0.140. The van der Waals surface area contributed by atoms with E-state index >= 15 is 0 Å². The molecule has 8 nitrogen and oxygen atoms in total. The van der Waals surface area contributed by atoms with E-state index < -0.39 is 17.7 Å². The minimum absolute atomic E-state index is 0.0556. The number of benzene rings is 2. The summed E-state index contributed by atoms with van der Waals surface area (Å²) in [6.07, 6.45) is 4.00. The first-order valence-corrected chi connectivity index (χ1v) is 13.9. The summed E-state index contributed by atoms with van der Waals surface area (Å²) in [4.78, 5) is 30.1. The molecule has 1 amide bonds. The lowest BCUT2D eigenvalue weighted by atomic mass is 9.95. The number of nitrogens with zero attached hydrogens (tertiary/aromatic N) is 2. The Labute approximate surface area is 232 Å². The Bertz CT molecular complexity index is 1140. The Morgan fingerprint density at radius 1 is 0.897 bits per heavy atom. The molecule has 1 fully saturated rings. The van der Waals surface area contributed by atoms with Crippen molar-refractivity contribution in [3.63, 3.8) is 0 Å². The van der Waals surface area contributed by atoms with E-state index in [0.29, 0.717) is 61.3 Å². The number of aliphatic hydroxyl groups excluding tert-OH is 1. The topological polar surface area (TPSA) is 88.5 Å². The second kappa shape index (κ2) is 14.6. The predicted molar refractivity (Wildman–Crippen MR) is 152 cm³/mol. The lowest BCUT2D eigenvalue weighted by molar-refractivity contribution is -0.140. The molecular weight excluding hydrogens is 496 g/mol. The lowest BCUT2D eigenvalue weighted by Gasteiger charge is -2.27. The van der Waals surface area contributed by atoms with Crippen molar-refractivity contribution in [2.45, 2.75) is 52.5 Å². The van der Waals surface area contributed by atoms with Gasteiger partial charge in [0, 0.05) is 18.7 Å². The molecule has 39 heavy (non-hydrogen) atoms. The number of Topliss-reactive ketones (excluding diaryl/α,β-unsaturated/α-hetero) is 1. The van der Waals surface area contributed by atoms with Gasteiger partial charge in [0.1, 0.15) is 11.5 Å². The molecule has 1 N–H and O–H groups in total. The summed E-state index contributed by atoms with van der Waals surface area (Å²) in [7, 11) is 3.82. The highest BCUT2D eigenvalue weighted by Crippen LogP contribution is 2.42. The Kier molecular flexibility index (Phi) is 11.2.